The van der Waals surface area contributed by atoms with Crippen molar-refractivity contribution in [3.63, 3.8) is 0 Å². The molecule has 0 aliphatic carbocycles. The molecule has 1 atom stereocenters. The Balaban J connectivity index is 1.62. The molecular weight excluding hydrogens is 310 g/mol. The molecule has 1 aromatic carbocycles. The van der Waals surface area contributed by atoms with Gasteiger partial charge >= 0.3 is 5.97 Å². The maximum absolute atomic E-state index is 12.3. The second-order valence-corrected chi connectivity index (χ2v) is 6.09. The van der Waals surface area contributed by atoms with E-state index in [2.05, 4.69) is 5.16 Å². The summed E-state index contributed by atoms with van der Waals surface area (Å²) in [6, 6.07) is 15.4. The summed E-state index contributed by atoms with van der Waals surface area (Å²) in [5, 5.41) is 5.93. The Labute approximate surface area is 138 Å². The zero-order chi connectivity index (χ0) is 16.1. The Kier molecular flexibility index (Phi) is 4.88. The summed E-state index contributed by atoms with van der Waals surface area (Å²) in [6.45, 7) is 2.10. The fraction of sp³-hybridized carbons (Fsp3) is 0.222. The summed E-state index contributed by atoms with van der Waals surface area (Å²) in [5.41, 5.74) is 1.59. The third-order valence-electron chi connectivity index (χ3n) is 3.58. The highest BCUT2D eigenvalue weighted by Crippen LogP contribution is 2.26. The lowest BCUT2D eigenvalue weighted by Gasteiger charge is -2.13. The molecule has 23 heavy (non-hydrogen) atoms. The Morgan fingerprint density at radius 3 is 2.78 bits per heavy atom. The third kappa shape index (κ3) is 3.68. The summed E-state index contributed by atoms with van der Waals surface area (Å²) < 4.78 is 10.7. The van der Waals surface area contributed by atoms with E-state index >= 15 is 0 Å². The summed E-state index contributed by atoms with van der Waals surface area (Å²) in [4.78, 5) is 13.3. The number of nitrogens with zero attached hydrogens (tertiary/aromatic N) is 1. The van der Waals surface area contributed by atoms with E-state index in [-0.39, 0.29) is 18.5 Å². The van der Waals surface area contributed by atoms with Gasteiger partial charge in [-0.3, -0.25) is 4.79 Å². The third-order valence-corrected chi connectivity index (χ3v) is 4.46. The van der Waals surface area contributed by atoms with Crippen molar-refractivity contribution in [2.24, 2.45) is 0 Å². The van der Waals surface area contributed by atoms with Crippen LogP contribution < -0.4 is 0 Å². The Morgan fingerprint density at radius 2 is 2.09 bits per heavy atom. The van der Waals surface area contributed by atoms with Crippen LogP contribution in [-0.2, 0) is 16.1 Å². The van der Waals surface area contributed by atoms with Crippen LogP contribution in [0.5, 0.6) is 0 Å². The molecule has 0 radical (unpaired) electrons. The predicted molar refractivity (Wildman–Crippen MR) is 89.1 cm³/mol. The van der Waals surface area contributed by atoms with Gasteiger partial charge in [0.2, 0.25) is 0 Å². The van der Waals surface area contributed by atoms with Gasteiger partial charge in [-0.05, 0) is 23.4 Å². The fourth-order valence-corrected chi connectivity index (χ4v) is 3.06. The first-order chi connectivity index (χ1) is 11.3. The number of esters is 1. The van der Waals surface area contributed by atoms with Crippen molar-refractivity contribution in [2.45, 2.75) is 25.9 Å². The quantitative estimate of drug-likeness (QED) is 0.619. The highest BCUT2D eigenvalue weighted by Gasteiger charge is 2.20. The molecule has 3 rings (SSSR count). The van der Waals surface area contributed by atoms with Gasteiger partial charge in [0.1, 0.15) is 12.3 Å². The first kappa shape index (κ1) is 15.5. The topological polar surface area (TPSA) is 52.3 Å². The summed E-state index contributed by atoms with van der Waals surface area (Å²) in [6.07, 6.45) is 0.697. The van der Waals surface area contributed by atoms with E-state index in [9.17, 15) is 4.79 Å². The minimum atomic E-state index is -0.250. The van der Waals surface area contributed by atoms with Crippen LogP contribution in [0.2, 0.25) is 0 Å². The minimum Gasteiger partial charge on any atom is -0.459 e. The number of thiophene rings is 1. The number of hydrogen-bond donors (Lipinski definition) is 0. The van der Waals surface area contributed by atoms with Crippen LogP contribution in [0.3, 0.4) is 0 Å². The summed E-state index contributed by atoms with van der Waals surface area (Å²) in [7, 11) is 0. The van der Waals surface area contributed by atoms with Crippen LogP contribution in [0.15, 0.2) is 58.4 Å². The minimum absolute atomic E-state index is 0.122. The standard InChI is InChI=1S/C18H17NO3S/c1-2-15(13-7-4-3-5-8-13)18(20)21-12-14-11-16(22-19-14)17-9-6-10-23-17/h3-11,15H,2,12H2,1H3/t15-/m0/s1. The molecule has 0 aliphatic heterocycles. The Morgan fingerprint density at radius 1 is 1.26 bits per heavy atom. The van der Waals surface area contributed by atoms with E-state index in [0.717, 1.165) is 10.4 Å². The van der Waals surface area contributed by atoms with Gasteiger partial charge in [0.25, 0.3) is 0 Å². The van der Waals surface area contributed by atoms with E-state index < -0.39 is 0 Å². The molecule has 0 saturated carbocycles. The maximum Gasteiger partial charge on any atom is 0.313 e. The van der Waals surface area contributed by atoms with E-state index in [1.54, 1.807) is 11.3 Å². The molecule has 2 heterocycles. The zero-order valence-electron chi connectivity index (χ0n) is 12.8. The maximum atomic E-state index is 12.3. The predicted octanol–water partition coefficient (Wildman–Crippen LogP) is 4.64. The van der Waals surface area contributed by atoms with Gasteiger partial charge in [-0.1, -0.05) is 48.5 Å². The number of carbonyl (C=O) groups is 1. The Hall–Kier alpha value is -2.40. The molecule has 2 aromatic heterocycles. The first-order valence-corrected chi connectivity index (χ1v) is 8.37. The smallest absolute Gasteiger partial charge is 0.313 e. The molecule has 3 aromatic rings. The lowest BCUT2D eigenvalue weighted by atomic mass is 9.97. The Bertz CT molecular complexity index is 750. The number of aromatic nitrogens is 1. The molecule has 5 heteroatoms. The fourth-order valence-electron chi connectivity index (χ4n) is 2.38. The van der Waals surface area contributed by atoms with Gasteiger partial charge in [0.15, 0.2) is 5.76 Å². The van der Waals surface area contributed by atoms with Gasteiger partial charge in [-0.25, -0.2) is 0 Å². The van der Waals surface area contributed by atoms with E-state index in [1.165, 1.54) is 0 Å². The first-order valence-electron chi connectivity index (χ1n) is 7.49. The average molecular weight is 327 g/mol. The number of carbonyl (C=O) groups excluding carboxylic acids is 1. The molecule has 0 fully saturated rings. The van der Waals surface area contributed by atoms with Gasteiger partial charge in [-0.2, -0.15) is 0 Å². The van der Waals surface area contributed by atoms with Crippen molar-refractivity contribution in [1.82, 2.24) is 5.16 Å². The molecule has 118 valence electrons. The number of benzene rings is 1. The molecule has 0 amide bonds. The molecule has 0 saturated heterocycles. The van der Waals surface area contributed by atoms with Crippen molar-refractivity contribution < 1.29 is 14.1 Å². The molecule has 0 unspecified atom stereocenters. The number of ether oxygens (including phenoxy) is 1. The lowest BCUT2D eigenvalue weighted by molar-refractivity contribution is -0.147. The number of hydrogen-bond acceptors (Lipinski definition) is 5. The van der Waals surface area contributed by atoms with Crippen LogP contribution in [0.4, 0.5) is 0 Å². The largest absolute Gasteiger partial charge is 0.459 e. The van der Waals surface area contributed by atoms with Crippen LogP contribution in [0, 0.1) is 0 Å². The van der Waals surface area contributed by atoms with Crippen molar-refractivity contribution in [2.75, 3.05) is 0 Å². The van der Waals surface area contributed by atoms with Crippen LogP contribution >= 0.6 is 11.3 Å². The van der Waals surface area contributed by atoms with Crippen molar-refractivity contribution >= 4 is 17.3 Å². The summed E-state index contributed by atoms with van der Waals surface area (Å²) >= 11 is 1.58. The highest BCUT2D eigenvalue weighted by molar-refractivity contribution is 7.13. The number of rotatable bonds is 6. The van der Waals surface area contributed by atoms with Gasteiger partial charge < -0.3 is 9.26 Å². The molecule has 0 spiro atoms. The molecule has 0 bridgehead atoms. The lowest BCUT2D eigenvalue weighted by Crippen LogP contribution is -2.15. The molecular formula is C18H17NO3S. The van der Waals surface area contributed by atoms with Crippen LogP contribution in [0.1, 0.15) is 30.5 Å². The SMILES string of the molecule is CC[C@H](C(=O)OCc1cc(-c2cccs2)on1)c1ccccc1. The molecule has 0 aliphatic rings. The van der Waals surface area contributed by atoms with E-state index in [1.807, 2.05) is 60.8 Å². The van der Waals surface area contributed by atoms with Crippen molar-refractivity contribution in [3.8, 4) is 10.6 Å². The second kappa shape index (κ2) is 7.24. The molecule has 4 nitrogen and oxygen atoms in total. The summed E-state index contributed by atoms with van der Waals surface area (Å²) in [5.74, 6) is 0.209. The monoisotopic (exact) mass is 327 g/mol. The zero-order valence-corrected chi connectivity index (χ0v) is 13.6. The van der Waals surface area contributed by atoms with Gasteiger partial charge in [0, 0.05) is 6.07 Å². The van der Waals surface area contributed by atoms with Crippen molar-refractivity contribution in [1.29, 1.82) is 0 Å². The van der Waals surface area contributed by atoms with Crippen molar-refractivity contribution in [3.05, 3.63) is 65.2 Å². The van der Waals surface area contributed by atoms with E-state index in [4.69, 9.17) is 9.26 Å². The van der Waals surface area contributed by atoms with Gasteiger partial charge in [-0.15, -0.1) is 11.3 Å². The van der Waals surface area contributed by atoms with Crippen LogP contribution in [-0.4, -0.2) is 11.1 Å². The van der Waals surface area contributed by atoms with E-state index in [0.29, 0.717) is 17.9 Å². The normalized spacial score (nSPS) is 12.0. The van der Waals surface area contributed by atoms with Crippen LogP contribution in [0.25, 0.3) is 10.6 Å². The molecule has 0 N–H and O–H groups in total. The average Bonchev–Trinajstić information content (AvgIpc) is 3.26. The second-order valence-electron chi connectivity index (χ2n) is 5.14. The van der Waals surface area contributed by atoms with Gasteiger partial charge in [0.05, 0.1) is 10.8 Å². The highest BCUT2D eigenvalue weighted by atomic mass is 32.1.